The van der Waals surface area contributed by atoms with Gasteiger partial charge in [-0.05, 0) is 25.7 Å². The summed E-state index contributed by atoms with van der Waals surface area (Å²) >= 11 is 0. The van der Waals surface area contributed by atoms with Crippen molar-refractivity contribution in [1.29, 1.82) is 0 Å². The minimum absolute atomic E-state index is 0.180. The van der Waals surface area contributed by atoms with Crippen LogP contribution in [0.1, 0.15) is 129 Å². The molecule has 2 unspecified atom stereocenters. The first-order chi connectivity index (χ1) is 12.9. The van der Waals surface area contributed by atoms with Gasteiger partial charge in [-0.15, -0.1) is 0 Å². The molecule has 0 aliphatic heterocycles. The molecule has 2 N–H and O–H groups in total. The van der Waals surface area contributed by atoms with Crippen LogP contribution in [-0.4, -0.2) is 29.4 Å². The Labute approximate surface area is 169 Å². The standard InChI is InChI=1S/C22H46O4S/c1-3-5-7-9-10-15-19-22(27(24,25)26)20-16-12-11-14-18-21(23)17-13-8-6-4-2/h21-23H,3-20H2,1-2H3,(H,24,25,26). The van der Waals surface area contributed by atoms with Crippen molar-refractivity contribution in [2.45, 2.75) is 141 Å². The molecule has 4 nitrogen and oxygen atoms in total. The Morgan fingerprint density at radius 2 is 0.926 bits per heavy atom. The predicted molar refractivity (Wildman–Crippen MR) is 116 cm³/mol. The van der Waals surface area contributed by atoms with Crippen molar-refractivity contribution in [3.63, 3.8) is 0 Å². The summed E-state index contributed by atoms with van der Waals surface area (Å²) in [6.45, 7) is 4.37. The number of aliphatic hydroxyl groups is 1. The Morgan fingerprint density at radius 1 is 0.593 bits per heavy atom. The van der Waals surface area contributed by atoms with Crippen molar-refractivity contribution in [2.24, 2.45) is 0 Å². The molecule has 0 aromatic carbocycles. The first-order valence-corrected chi connectivity index (χ1v) is 13.1. The molecule has 0 saturated heterocycles. The molecule has 0 rings (SSSR count). The number of rotatable bonds is 20. The quantitative estimate of drug-likeness (QED) is 0.175. The second-order valence-corrected chi connectivity index (χ2v) is 9.88. The van der Waals surface area contributed by atoms with Gasteiger partial charge in [-0.25, -0.2) is 0 Å². The van der Waals surface area contributed by atoms with E-state index in [2.05, 4.69) is 13.8 Å². The highest BCUT2D eigenvalue weighted by Crippen LogP contribution is 2.19. The first kappa shape index (κ1) is 26.9. The summed E-state index contributed by atoms with van der Waals surface area (Å²) in [7, 11) is -3.92. The second kappa shape index (κ2) is 17.9. The van der Waals surface area contributed by atoms with Gasteiger partial charge < -0.3 is 5.11 Å². The van der Waals surface area contributed by atoms with E-state index in [1.807, 2.05) is 0 Å². The minimum Gasteiger partial charge on any atom is -0.393 e. The topological polar surface area (TPSA) is 74.6 Å². The molecule has 5 heteroatoms. The van der Waals surface area contributed by atoms with Crippen molar-refractivity contribution >= 4 is 10.1 Å². The fraction of sp³-hybridized carbons (Fsp3) is 1.00. The molecule has 0 heterocycles. The van der Waals surface area contributed by atoms with Crippen LogP contribution < -0.4 is 0 Å². The van der Waals surface area contributed by atoms with Gasteiger partial charge in [-0.1, -0.05) is 104 Å². The van der Waals surface area contributed by atoms with Gasteiger partial charge in [0, 0.05) is 0 Å². The normalized spacial score (nSPS) is 14.4. The Kier molecular flexibility index (Phi) is 17.8. The molecule has 0 fully saturated rings. The predicted octanol–water partition coefficient (Wildman–Crippen LogP) is 6.67. The maximum Gasteiger partial charge on any atom is 0.267 e. The zero-order valence-corrected chi connectivity index (χ0v) is 18.8. The van der Waals surface area contributed by atoms with Crippen LogP contribution in [0.2, 0.25) is 0 Å². The van der Waals surface area contributed by atoms with Crippen LogP contribution in [-0.2, 0) is 10.1 Å². The number of unbranched alkanes of at least 4 members (excludes halogenated alkanes) is 11. The van der Waals surface area contributed by atoms with E-state index in [-0.39, 0.29) is 6.10 Å². The third-order valence-corrected chi connectivity index (χ3v) is 6.82. The van der Waals surface area contributed by atoms with Gasteiger partial charge >= 0.3 is 0 Å². The van der Waals surface area contributed by atoms with E-state index in [1.54, 1.807) is 0 Å². The van der Waals surface area contributed by atoms with E-state index in [9.17, 15) is 18.1 Å². The average molecular weight is 407 g/mol. The molecule has 0 amide bonds. The molecule has 0 bridgehead atoms. The summed E-state index contributed by atoms with van der Waals surface area (Å²) in [4.78, 5) is 0. The number of hydrogen-bond acceptors (Lipinski definition) is 3. The number of aliphatic hydroxyl groups excluding tert-OH is 1. The third kappa shape index (κ3) is 17.7. The first-order valence-electron chi connectivity index (χ1n) is 11.6. The summed E-state index contributed by atoms with van der Waals surface area (Å²) in [6.07, 6.45) is 18.2. The van der Waals surface area contributed by atoms with Crippen LogP contribution in [0.4, 0.5) is 0 Å². The molecule has 2 atom stereocenters. The number of hydrogen-bond donors (Lipinski definition) is 2. The van der Waals surface area contributed by atoms with Crippen LogP contribution in [0.25, 0.3) is 0 Å². The Morgan fingerprint density at radius 3 is 1.33 bits per heavy atom. The van der Waals surface area contributed by atoms with E-state index in [4.69, 9.17) is 0 Å². The van der Waals surface area contributed by atoms with Crippen LogP contribution in [0.3, 0.4) is 0 Å². The zero-order valence-electron chi connectivity index (χ0n) is 18.0. The van der Waals surface area contributed by atoms with E-state index in [1.165, 1.54) is 38.5 Å². The van der Waals surface area contributed by atoms with Gasteiger partial charge in [0.1, 0.15) is 0 Å². The molecule has 0 aliphatic carbocycles. The second-order valence-electron chi connectivity index (χ2n) is 8.19. The van der Waals surface area contributed by atoms with E-state index >= 15 is 0 Å². The summed E-state index contributed by atoms with van der Waals surface area (Å²) in [5.41, 5.74) is 0. The lowest BCUT2D eigenvalue weighted by atomic mass is 10.0. The summed E-state index contributed by atoms with van der Waals surface area (Å²) in [6, 6.07) is 0. The summed E-state index contributed by atoms with van der Waals surface area (Å²) < 4.78 is 32.6. The zero-order chi connectivity index (χ0) is 20.4. The molecular weight excluding hydrogens is 360 g/mol. The van der Waals surface area contributed by atoms with Gasteiger partial charge in [0.05, 0.1) is 11.4 Å². The Hall–Kier alpha value is -0.130. The van der Waals surface area contributed by atoms with Gasteiger partial charge in [0.15, 0.2) is 0 Å². The lowest BCUT2D eigenvalue weighted by Gasteiger charge is -2.14. The lowest BCUT2D eigenvalue weighted by Crippen LogP contribution is -2.20. The fourth-order valence-corrected chi connectivity index (χ4v) is 4.58. The van der Waals surface area contributed by atoms with Crippen LogP contribution in [0.15, 0.2) is 0 Å². The van der Waals surface area contributed by atoms with Gasteiger partial charge in [-0.3, -0.25) is 4.55 Å². The molecule has 0 spiro atoms. The highest BCUT2D eigenvalue weighted by Gasteiger charge is 2.21. The molecule has 0 aromatic heterocycles. The smallest absolute Gasteiger partial charge is 0.267 e. The molecule has 0 radical (unpaired) electrons. The molecule has 0 aromatic rings. The van der Waals surface area contributed by atoms with Crippen molar-refractivity contribution in [2.75, 3.05) is 0 Å². The van der Waals surface area contributed by atoms with Crippen LogP contribution in [0, 0.1) is 0 Å². The largest absolute Gasteiger partial charge is 0.393 e. The molecule has 164 valence electrons. The molecular formula is C22H46O4S. The molecule has 0 aliphatic rings. The molecule has 27 heavy (non-hydrogen) atoms. The summed E-state index contributed by atoms with van der Waals surface area (Å²) in [5.74, 6) is 0. The Bertz CT molecular complexity index is 409. The van der Waals surface area contributed by atoms with Gasteiger partial charge in [-0.2, -0.15) is 8.42 Å². The third-order valence-electron chi connectivity index (χ3n) is 5.51. The molecule has 0 saturated carbocycles. The van der Waals surface area contributed by atoms with Crippen molar-refractivity contribution in [3.8, 4) is 0 Å². The monoisotopic (exact) mass is 406 g/mol. The minimum atomic E-state index is -3.92. The van der Waals surface area contributed by atoms with Crippen LogP contribution >= 0.6 is 0 Å². The maximum atomic E-state index is 11.6. The lowest BCUT2D eigenvalue weighted by molar-refractivity contribution is 0.147. The van der Waals surface area contributed by atoms with Gasteiger partial charge in [0.25, 0.3) is 10.1 Å². The Balaban J connectivity index is 3.76. The van der Waals surface area contributed by atoms with Crippen molar-refractivity contribution < 1.29 is 18.1 Å². The maximum absolute atomic E-state index is 11.6. The van der Waals surface area contributed by atoms with Gasteiger partial charge in [0.2, 0.25) is 0 Å². The highest BCUT2D eigenvalue weighted by molar-refractivity contribution is 7.86. The summed E-state index contributed by atoms with van der Waals surface area (Å²) in [5, 5.41) is 9.37. The van der Waals surface area contributed by atoms with E-state index in [0.29, 0.717) is 12.8 Å². The average Bonchev–Trinajstić information content (AvgIpc) is 2.61. The van der Waals surface area contributed by atoms with Crippen molar-refractivity contribution in [1.82, 2.24) is 0 Å². The van der Waals surface area contributed by atoms with Crippen molar-refractivity contribution in [3.05, 3.63) is 0 Å². The van der Waals surface area contributed by atoms with E-state index < -0.39 is 15.4 Å². The fourth-order valence-electron chi connectivity index (χ4n) is 3.65. The SMILES string of the molecule is CCCCCCCCC(CCCCCCC(O)CCCCCC)S(=O)(=O)O. The highest BCUT2D eigenvalue weighted by atomic mass is 32.2. The van der Waals surface area contributed by atoms with Crippen LogP contribution in [0.5, 0.6) is 0 Å². The van der Waals surface area contributed by atoms with E-state index in [0.717, 1.165) is 64.2 Å².